The molecule has 2 fully saturated rings. The van der Waals surface area contributed by atoms with E-state index in [2.05, 4.69) is 0 Å². The number of halogens is 3. The van der Waals surface area contributed by atoms with Crippen LogP contribution < -0.4 is 0 Å². The fourth-order valence-corrected chi connectivity index (χ4v) is 4.41. The molecule has 0 aliphatic heterocycles. The van der Waals surface area contributed by atoms with Gasteiger partial charge in [0.2, 0.25) is 0 Å². The van der Waals surface area contributed by atoms with Gasteiger partial charge in [0.25, 0.3) is 0 Å². The van der Waals surface area contributed by atoms with Crippen LogP contribution in [0.15, 0.2) is 0 Å². The van der Waals surface area contributed by atoms with E-state index in [9.17, 15) is 18.3 Å². The van der Waals surface area contributed by atoms with E-state index in [0.717, 1.165) is 19.3 Å². The Kier molecular flexibility index (Phi) is 5.19. The van der Waals surface area contributed by atoms with Gasteiger partial charge in [0.1, 0.15) is 0 Å². The van der Waals surface area contributed by atoms with E-state index in [1.54, 1.807) is 0 Å². The van der Waals surface area contributed by atoms with Crippen molar-refractivity contribution in [1.29, 1.82) is 5.26 Å². The average molecular weight is 303 g/mol. The number of aliphatic hydroxyl groups excluding tert-OH is 1. The van der Waals surface area contributed by atoms with Crippen molar-refractivity contribution in [3.05, 3.63) is 0 Å². The first-order chi connectivity index (χ1) is 9.86. The normalized spacial score (nSPS) is 41.5. The van der Waals surface area contributed by atoms with Crippen molar-refractivity contribution in [2.45, 2.75) is 51.6 Å². The molecule has 120 valence electrons. The second kappa shape index (κ2) is 6.56. The predicted molar refractivity (Wildman–Crippen MR) is 73.1 cm³/mol. The van der Waals surface area contributed by atoms with E-state index < -0.39 is 18.0 Å². The Hall–Kier alpha value is -0.760. The number of hydrogen-bond donors (Lipinski definition) is 1. The lowest BCUT2D eigenvalue weighted by molar-refractivity contribution is -0.207. The van der Waals surface area contributed by atoms with Gasteiger partial charge in [0, 0.05) is 12.5 Å². The van der Waals surface area contributed by atoms with Gasteiger partial charge in [0.05, 0.1) is 12.0 Å². The number of hydrogen-bond acceptors (Lipinski definition) is 2. The molecule has 2 rings (SSSR count). The Bertz CT molecular complexity index is 390. The van der Waals surface area contributed by atoms with Crippen LogP contribution in [-0.4, -0.2) is 17.9 Å². The van der Waals surface area contributed by atoms with Crippen molar-refractivity contribution in [3.63, 3.8) is 0 Å². The molecule has 0 spiro atoms. The maximum Gasteiger partial charge on any atom is 0.392 e. The Morgan fingerprint density at radius 1 is 1.14 bits per heavy atom. The minimum Gasteiger partial charge on any atom is -0.396 e. The standard InChI is InChI=1S/C16H24F3NO/c1-10-6-12(3-4-13(10)9-21)14-5-2-11(8-20)7-15(14)16(17,18)19/h10-15,21H,2-7,9H2,1H3. The average Bonchev–Trinajstić information content (AvgIpc) is 2.45. The summed E-state index contributed by atoms with van der Waals surface area (Å²) in [5.41, 5.74) is 0. The molecule has 2 nitrogen and oxygen atoms in total. The molecule has 1 N–H and O–H groups in total. The quantitative estimate of drug-likeness (QED) is 0.833. The highest BCUT2D eigenvalue weighted by atomic mass is 19.4. The van der Waals surface area contributed by atoms with Crippen molar-refractivity contribution >= 4 is 0 Å². The molecule has 21 heavy (non-hydrogen) atoms. The van der Waals surface area contributed by atoms with Crippen LogP contribution in [0.3, 0.4) is 0 Å². The monoisotopic (exact) mass is 303 g/mol. The van der Waals surface area contributed by atoms with Gasteiger partial charge in [-0.1, -0.05) is 6.92 Å². The van der Waals surface area contributed by atoms with Crippen molar-refractivity contribution in [3.8, 4) is 6.07 Å². The van der Waals surface area contributed by atoms with Gasteiger partial charge in [-0.2, -0.15) is 18.4 Å². The summed E-state index contributed by atoms with van der Waals surface area (Å²) >= 11 is 0. The lowest BCUT2D eigenvalue weighted by atomic mass is 9.62. The fraction of sp³-hybridized carbons (Fsp3) is 0.938. The van der Waals surface area contributed by atoms with Crippen molar-refractivity contribution in [2.75, 3.05) is 6.61 Å². The third-order valence-electron chi connectivity index (χ3n) is 5.73. The second-order valence-corrected chi connectivity index (χ2v) is 6.94. The predicted octanol–water partition coefficient (Wildman–Crippen LogP) is 4.15. The van der Waals surface area contributed by atoms with Crippen LogP contribution in [-0.2, 0) is 0 Å². The van der Waals surface area contributed by atoms with Gasteiger partial charge in [-0.15, -0.1) is 0 Å². The summed E-state index contributed by atoms with van der Waals surface area (Å²) in [4.78, 5) is 0. The van der Waals surface area contributed by atoms with Gasteiger partial charge in [0.15, 0.2) is 0 Å². The number of nitrogens with zero attached hydrogens (tertiary/aromatic N) is 1. The van der Waals surface area contributed by atoms with Crippen LogP contribution >= 0.6 is 0 Å². The zero-order valence-corrected chi connectivity index (χ0v) is 12.4. The molecule has 0 saturated heterocycles. The SMILES string of the molecule is CC1CC(C2CCC(C#N)CC2C(F)(F)F)CCC1CO. The van der Waals surface area contributed by atoms with Gasteiger partial charge in [-0.3, -0.25) is 0 Å². The molecular formula is C16H24F3NO. The lowest BCUT2D eigenvalue weighted by Gasteiger charge is -2.43. The summed E-state index contributed by atoms with van der Waals surface area (Å²) in [5, 5.41) is 18.2. The highest BCUT2D eigenvalue weighted by molar-refractivity contribution is 4.96. The zero-order chi connectivity index (χ0) is 15.6. The van der Waals surface area contributed by atoms with E-state index in [1.165, 1.54) is 0 Å². The molecule has 6 unspecified atom stereocenters. The molecule has 6 atom stereocenters. The fourth-order valence-electron chi connectivity index (χ4n) is 4.41. The summed E-state index contributed by atoms with van der Waals surface area (Å²) in [7, 11) is 0. The molecule has 2 aliphatic carbocycles. The van der Waals surface area contributed by atoms with E-state index in [-0.39, 0.29) is 36.7 Å². The number of aliphatic hydroxyl groups is 1. The number of rotatable bonds is 2. The van der Waals surface area contributed by atoms with Gasteiger partial charge in [-0.05, 0) is 62.2 Å². The minimum atomic E-state index is -4.20. The molecule has 0 amide bonds. The minimum absolute atomic E-state index is 0.0288. The Labute approximate surface area is 124 Å². The maximum atomic E-state index is 13.3. The van der Waals surface area contributed by atoms with Crippen LogP contribution in [0.4, 0.5) is 13.2 Å². The van der Waals surface area contributed by atoms with Gasteiger partial charge >= 0.3 is 6.18 Å². The van der Waals surface area contributed by atoms with Crippen LogP contribution in [0, 0.1) is 46.8 Å². The van der Waals surface area contributed by atoms with Crippen LogP contribution in [0.2, 0.25) is 0 Å². The Morgan fingerprint density at radius 2 is 1.86 bits per heavy atom. The van der Waals surface area contributed by atoms with Crippen LogP contribution in [0.1, 0.15) is 45.4 Å². The van der Waals surface area contributed by atoms with Crippen LogP contribution in [0.5, 0.6) is 0 Å². The molecule has 0 aromatic carbocycles. The van der Waals surface area contributed by atoms with E-state index in [4.69, 9.17) is 5.26 Å². The molecule has 0 radical (unpaired) electrons. The molecule has 0 bridgehead atoms. The third-order valence-corrected chi connectivity index (χ3v) is 5.73. The summed E-state index contributed by atoms with van der Waals surface area (Å²) in [6, 6.07) is 2.02. The molecule has 5 heteroatoms. The van der Waals surface area contributed by atoms with Gasteiger partial charge < -0.3 is 5.11 Å². The zero-order valence-electron chi connectivity index (χ0n) is 12.4. The molecular weight excluding hydrogens is 279 g/mol. The van der Waals surface area contributed by atoms with Crippen molar-refractivity contribution < 1.29 is 18.3 Å². The number of nitriles is 1. The topological polar surface area (TPSA) is 44.0 Å². The maximum absolute atomic E-state index is 13.3. The first-order valence-electron chi connectivity index (χ1n) is 7.94. The summed E-state index contributed by atoms with van der Waals surface area (Å²) < 4.78 is 40.0. The Morgan fingerprint density at radius 3 is 2.38 bits per heavy atom. The molecule has 2 aliphatic rings. The lowest BCUT2D eigenvalue weighted by Crippen LogP contribution is -2.41. The van der Waals surface area contributed by atoms with E-state index in [1.807, 2.05) is 13.0 Å². The van der Waals surface area contributed by atoms with E-state index in [0.29, 0.717) is 12.8 Å². The molecule has 0 heterocycles. The third kappa shape index (κ3) is 3.71. The number of alkyl halides is 3. The van der Waals surface area contributed by atoms with E-state index >= 15 is 0 Å². The first kappa shape index (κ1) is 16.6. The van der Waals surface area contributed by atoms with Crippen molar-refractivity contribution in [2.24, 2.45) is 35.5 Å². The summed E-state index contributed by atoms with van der Waals surface area (Å²) in [6.07, 6.45) is -0.726. The van der Waals surface area contributed by atoms with Crippen LogP contribution in [0.25, 0.3) is 0 Å². The van der Waals surface area contributed by atoms with Crippen molar-refractivity contribution in [1.82, 2.24) is 0 Å². The van der Waals surface area contributed by atoms with Gasteiger partial charge in [-0.25, -0.2) is 0 Å². The second-order valence-electron chi connectivity index (χ2n) is 6.94. The smallest absolute Gasteiger partial charge is 0.392 e. The highest BCUT2D eigenvalue weighted by Gasteiger charge is 2.50. The Balaban J connectivity index is 2.08. The highest BCUT2D eigenvalue weighted by Crippen LogP contribution is 2.50. The molecule has 0 aromatic rings. The molecule has 2 saturated carbocycles. The molecule has 0 aromatic heterocycles. The summed E-state index contributed by atoms with van der Waals surface area (Å²) in [6.45, 7) is 2.17. The largest absolute Gasteiger partial charge is 0.396 e. The first-order valence-corrected chi connectivity index (χ1v) is 7.94. The summed E-state index contributed by atoms with van der Waals surface area (Å²) in [5.74, 6) is -1.49.